The van der Waals surface area contributed by atoms with E-state index in [4.69, 9.17) is 9.47 Å². The van der Waals surface area contributed by atoms with Gasteiger partial charge in [0.1, 0.15) is 6.20 Å². The van der Waals surface area contributed by atoms with Gasteiger partial charge in [0.05, 0.1) is 13.0 Å². The van der Waals surface area contributed by atoms with Gasteiger partial charge in [0.15, 0.2) is 23.7 Å². The highest BCUT2D eigenvalue weighted by Crippen LogP contribution is 2.34. The molecule has 0 saturated carbocycles. The zero-order valence-electron chi connectivity index (χ0n) is 15.2. The van der Waals surface area contributed by atoms with Gasteiger partial charge in [0.2, 0.25) is 6.79 Å². The molecule has 2 aromatic carbocycles. The number of carbonyl (C=O) groups is 1. The molecule has 0 atom stereocenters. The number of hydrogen-bond acceptors (Lipinski definition) is 3. The standard InChI is InChI=1S/C21H19N3O3.ClH/c25-20(22-16-8-9-18-19(11-16)27-14-26-18)13-23-12-17(15-5-2-1-3-6-15)24-10-4-7-21(23)24;/h1-3,5-6,8-9,11-12H,4,7,10,13-14H2;1H. The molecule has 3 heterocycles. The number of hydrogen-bond donors (Lipinski definition) is 1. The highest BCUT2D eigenvalue weighted by atomic mass is 35.5. The number of carbonyl (C=O) groups excluding carboxylic acids is 1. The lowest BCUT2D eigenvalue weighted by Crippen LogP contribution is -3.00. The van der Waals surface area contributed by atoms with Crippen LogP contribution in [0.4, 0.5) is 5.69 Å². The molecule has 144 valence electrons. The van der Waals surface area contributed by atoms with Gasteiger partial charge in [-0.1, -0.05) is 30.3 Å². The molecule has 28 heavy (non-hydrogen) atoms. The fourth-order valence-corrected chi connectivity index (χ4v) is 3.81. The molecule has 0 spiro atoms. The minimum Gasteiger partial charge on any atom is -1.00 e. The third-order valence-corrected chi connectivity index (χ3v) is 5.03. The average Bonchev–Trinajstić information content (AvgIpc) is 3.39. The van der Waals surface area contributed by atoms with Crippen molar-refractivity contribution < 1.29 is 31.2 Å². The van der Waals surface area contributed by atoms with Crippen molar-refractivity contribution in [3.63, 3.8) is 0 Å². The van der Waals surface area contributed by atoms with Crippen molar-refractivity contribution in [3.05, 3.63) is 60.6 Å². The SMILES string of the molecule is O=C(C[n+]1cc(-c2ccccc2)n2c1CCC2)Nc1ccc2c(c1)OCO2.[Cl-]. The van der Waals surface area contributed by atoms with Gasteiger partial charge in [-0.05, 0) is 18.6 Å². The minimum atomic E-state index is -0.0567. The van der Waals surface area contributed by atoms with Crippen molar-refractivity contribution in [2.75, 3.05) is 12.1 Å². The molecule has 0 aliphatic carbocycles. The zero-order valence-corrected chi connectivity index (χ0v) is 16.0. The predicted molar refractivity (Wildman–Crippen MR) is 99.6 cm³/mol. The molecule has 0 saturated heterocycles. The Hall–Kier alpha value is -2.99. The largest absolute Gasteiger partial charge is 1.00 e. The number of fused-ring (bicyclic) bond motifs is 2. The van der Waals surface area contributed by atoms with Gasteiger partial charge < -0.3 is 27.2 Å². The molecule has 0 radical (unpaired) electrons. The van der Waals surface area contributed by atoms with Crippen LogP contribution >= 0.6 is 0 Å². The van der Waals surface area contributed by atoms with E-state index in [0.29, 0.717) is 17.2 Å². The first-order valence-corrected chi connectivity index (χ1v) is 9.15. The van der Waals surface area contributed by atoms with E-state index in [1.165, 1.54) is 17.1 Å². The Balaban J connectivity index is 0.00000192. The number of rotatable bonds is 4. The van der Waals surface area contributed by atoms with Gasteiger partial charge in [0, 0.05) is 17.3 Å². The van der Waals surface area contributed by atoms with E-state index in [1.54, 1.807) is 6.07 Å². The molecule has 3 aromatic rings. The summed E-state index contributed by atoms with van der Waals surface area (Å²) in [5, 5.41) is 2.96. The molecule has 5 rings (SSSR count). The second-order valence-electron chi connectivity index (χ2n) is 6.80. The summed E-state index contributed by atoms with van der Waals surface area (Å²) in [7, 11) is 0. The monoisotopic (exact) mass is 397 g/mol. The first kappa shape index (κ1) is 18.4. The van der Waals surface area contributed by atoms with E-state index < -0.39 is 0 Å². The Bertz CT molecular complexity index is 1020. The molecule has 0 unspecified atom stereocenters. The van der Waals surface area contributed by atoms with E-state index in [-0.39, 0.29) is 31.7 Å². The van der Waals surface area contributed by atoms with E-state index in [1.807, 2.05) is 30.3 Å². The first-order valence-electron chi connectivity index (χ1n) is 9.15. The average molecular weight is 398 g/mol. The van der Waals surface area contributed by atoms with Crippen molar-refractivity contribution in [1.29, 1.82) is 0 Å². The Morgan fingerprint density at radius 2 is 1.93 bits per heavy atom. The number of aromatic nitrogens is 2. The second-order valence-corrected chi connectivity index (χ2v) is 6.80. The van der Waals surface area contributed by atoms with Crippen molar-refractivity contribution in [3.8, 4) is 22.8 Å². The highest BCUT2D eigenvalue weighted by Gasteiger charge is 2.29. The maximum Gasteiger partial charge on any atom is 0.266 e. The van der Waals surface area contributed by atoms with Crippen LogP contribution in [0.25, 0.3) is 11.3 Å². The summed E-state index contributed by atoms with van der Waals surface area (Å²) >= 11 is 0. The molecule has 1 N–H and O–H groups in total. The number of nitrogens with one attached hydrogen (secondary N) is 1. The molecule has 7 heteroatoms. The van der Waals surface area contributed by atoms with Gasteiger partial charge in [-0.15, -0.1) is 0 Å². The zero-order chi connectivity index (χ0) is 18.2. The van der Waals surface area contributed by atoms with Crippen molar-refractivity contribution in [2.45, 2.75) is 25.9 Å². The van der Waals surface area contributed by atoms with Crippen LogP contribution < -0.4 is 31.8 Å². The van der Waals surface area contributed by atoms with Gasteiger partial charge >= 0.3 is 0 Å². The van der Waals surface area contributed by atoms with Gasteiger partial charge in [-0.2, -0.15) is 0 Å². The lowest BCUT2D eigenvalue weighted by Gasteiger charge is -2.05. The number of benzene rings is 2. The van der Waals surface area contributed by atoms with E-state index >= 15 is 0 Å². The summed E-state index contributed by atoms with van der Waals surface area (Å²) in [4.78, 5) is 12.6. The van der Waals surface area contributed by atoms with Crippen molar-refractivity contribution in [2.24, 2.45) is 0 Å². The van der Waals surface area contributed by atoms with Crippen LogP contribution in [0, 0.1) is 0 Å². The molecule has 0 fully saturated rings. The topological polar surface area (TPSA) is 56.4 Å². The third-order valence-electron chi connectivity index (χ3n) is 5.03. The quantitative estimate of drug-likeness (QED) is 0.618. The normalized spacial score (nSPS) is 13.7. The number of nitrogens with zero attached hydrogens (tertiary/aromatic N) is 2. The fraction of sp³-hybridized carbons (Fsp3) is 0.238. The summed E-state index contributed by atoms with van der Waals surface area (Å²) in [5.74, 6) is 2.52. The molecule has 2 aliphatic rings. The van der Waals surface area contributed by atoms with Gasteiger partial charge in [-0.3, -0.25) is 4.79 Å². The minimum absolute atomic E-state index is 0. The van der Waals surface area contributed by atoms with Crippen LogP contribution in [0.5, 0.6) is 11.5 Å². The first-order chi connectivity index (χ1) is 13.3. The molecule has 1 amide bonds. The smallest absolute Gasteiger partial charge is 0.266 e. The summed E-state index contributed by atoms with van der Waals surface area (Å²) in [6.45, 7) is 1.51. The summed E-state index contributed by atoms with van der Waals surface area (Å²) in [6, 6.07) is 15.8. The number of imidazole rings is 1. The summed E-state index contributed by atoms with van der Waals surface area (Å²) < 4.78 is 15.1. The molecule has 0 bridgehead atoms. The number of amides is 1. The van der Waals surface area contributed by atoms with Crippen LogP contribution in [0.3, 0.4) is 0 Å². The van der Waals surface area contributed by atoms with Gasteiger partial charge in [0.25, 0.3) is 11.7 Å². The Morgan fingerprint density at radius 3 is 2.79 bits per heavy atom. The highest BCUT2D eigenvalue weighted by molar-refractivity contribution is 5.90. The predicted octanol–water partition coefficient (Wildman–Crippen LogP) is -0.240. The van der Waals surface area contributed by atoms with Crippen molar-refractivity contribution in [1.82, 2.24) is 4.57 Å². The van der Waals surface area contributed by atoms with E-state index in [0.717, 1.165) is 19.4 Å². The van der Waals surface area contributed by atoms with Gasteiger partial charge in [-0.25, -0.2) is 9.13 Å². The van der Waals surface area contributed by atoms with E-state index in [2.05, 4.69) is 32.8 Å². The summed E-state index contributed by atoms with van der Waals surface area (Å²) in [5.41, 5.74) is 3.05. The van der Waals surface area contributed by atoms with Crippen LogP contribution in [-0.4, -0.2) is 17.3 Å². The third kappa shape index (κ3) is 3.31. The molecular formula is C21H20ClN3O3. The molecule has 1 aromatic heterocycles. The second kappa shape index (κ2) is 7.56. The lowest BCUT2D eigenvalue weighted by atomic mass is 10.2. The van der Waals surface area contributed by atoms with Crippen LogP contribution in [-0.2, 0) is 24.3 Å². The van der Waals surface area contributed by atoms with Crippen LogP contribution in [0.15, 0.2) is 54.7 Å². The number of ether oxygens (including phenoxy) is 2. The maximum atomic E-state index is 12.6. The lowest BCUT2D eigenvalue weighted by molar-refractivity contribution is -0.690. The molecule has 2 aliphatic heterocycles. The fourth-order valence-electron chi connectivity index (χ4n) is 3.81. The van der Waals surface area contributed by atoms with Crippen LogP contribution in [0.2, 0.25) is 0 Å². The molecular weight excluding hydrogens is 378 g/mol. The molecule has 6 nitrogen and oxygen atoms in total. The maximum absolute atomic E-state index is 12.6. The number of anilines is 1. The van der Waals surface area contributed by atoms with E-state index in [9.17, 15) is 4.79 Å². The summed E-state index contributed by atoms with van der Waals surface area (Å²) in [6.07, 6.45) is 4.19. The Kier molecular flexibility index (Phi) is 4.96. The number of halogens is 1. The Labute approximate surface area is 169 Å². The van der Waals surface area contributed by atoms with Crippen molar-refractivity contribution >= 4 is 11.6 Å². The van der Waals surface area contributed by atoms with Crippen LogP contribution in [0.1, 0.15) is 12.2 Å². The Morgan fingerprint density at radius 1 is 1.11 bits per heavy atom.